The monoisotopic (exact) mass is 267 g/mol. The van der Waals surface area contributed by atoms with Crippen molar-refractivity contribution in [3.8, 4) is 5.75 Å². The molecule has 1 heterocycles. The van der Waals surface area contributed by atoms with E-state index in [0.717, 1.165) is 23.7 Å². The maximum atomic E-state index is 6.42. The summed E-state index contributed by atoms with van der Waals surface area (Å²) in [6.07, 6.45) is 3.62. The van der Waals surface area contributed by atoms with Gasteiger partial charge in [0.05, 0.1) is 12.1 Å². The Morgan fingerprint density at radius 3 is 2.50 bits per heavy atom. The molecule has 1 N–H and O–H groups in total. The van der Waals surface area contributed by atoms with Crippen LogP contribution in [0.2, 0.25) is 5.02 Å². The molecule has 1 aromatic carbocycles. The van der Waals surface area contributed by atoms with Gasteiger partial charge in [-0.2, -0.15) is 0 Å². The van der Waals surface area contributed by atoms with E-state index in [4.69, 9.17) is 16.3 Å². The van der Waals surface area contributed by atoms with E-state index < -0.39 is 0 Å². The molecule has 0 amide bonds. The van der Waals surface area contributed by atoms with E-state index in [2.05, 4.69) is 26.1 Å². The van der Waals surface area contributed by atoms with Gasteiger partial charge in [0.25, 0.3) is 0 Å². The normalized spacial score (nSPS) is 19.3. The lowest BCUT2D eigenvalue weighted by atomic mass is 9.92. The molecule has 0 radical (unpaired) electrons. The molecule has 0 aromatic heterocycles. The Morgan fingerprint density at radius 1 is 1.22 bits per heavy atom. The van der Waals surface area contributed by atoms with Crippen LogP contribution in [0.5, 0.6) is 5.75 Å². The largest absolute Gasteiger partial charge is 0.495 e. The standard InChI is InChI=1S/C15H22ClNO/c1-9-10(2)15(18-4)14(16)11(3)13(9)8-12-6-5-7-17-12/h12,17H,5-8H2,1-4H3. The average Bonchev–Trinajstić information content (AvgIpc) is 2.86. The van der Waals surface area contributed by atoms with E-state index in [-0.39, 0.29) is 0 Å². The Hall–Kier alpha value is -0.730. The zero-order chi connectivity index (χ0) is 13.3. The fourth-order valence-corrected chi connectivity index (χ4v) is 3.20. The van der Waals surface area contributed by atoms with E-state index in [0.29, 0.717) is 6.04 Å². The molecule has 2 nitrogen and oxygen atoms in total. The maximum Gasteiger partial charge on any atom is 0.140 e. The molecule has 3 heteroatoms. The van der Waals surface area contributed by atoms with Crippen LogP contribution < -0.4 is 10.1 Å². The summed E-state index contributed by atoms with van der Waals surface area (Å²) < 4.78 is 5.41. The predicted octanol–water partition coefficient (Wildman–Crippen LogP) is 3.57. The van der Waals surface area contributed by atoms with E-state index in [1.165, 1.54) is 35.1 Å². The van der Waals surface area contributed by atoms with E-state index >= 15 is 0 Å². The third-order valence-electron chi connectivity index (χ3n) is 4.15. The summed E-state index contributed by atoms with van der Waals surface area (Å²) in [5, 5.41) is 4.32. The van der Waals surface area contributed by atoms with Gasteiger partial charge in [-0.05, 0) is 68.8 Å². The van der Waals surface area contributed by atoms with Gasteiger partial charge in [-0.25, -0.2) is 0 Å². The van der Waals surface area contributed by atoms with Crippen LogP contribution in [0.25, 0.3) is 0 Å². The number of methoxy groups -OCH3 is 1. The van der Waals surface area contributed by atoms with Crippen LogP contribution in [0, 0.1) is 20.8 Å². The fraction of sp³-hybridized carbons (Fsp3) is 0.600. The Morgan fingerprint density at radius 2 is 1.94 bits per heavy atom. The van der Waals surface area contributed by atoms with Crippen LogP contribution in [0.3, 0.4) is 0 Å². The molecule has 1 aliphatic heterocycles. The van der Waals surface area contributed by atoms with Crippen molar-refractivity contribution in [3.05, 3.63) is 27.3 Å². The molecule has 0 saturated carbocycles. The second-order valence-corrected chi connectivity index (χ2v) is 5.58. The van der Waals surface area contributed by atoms with Crippen LogP contribution >= 0.6 is 11.6 Å². The number of ether oxygens (including phenoxy) is 1. The second-order valence-electron chi connectivity index (χ2n) is 5.20. The van der Waals surface area contributed by atoms with Crippen molar-refractivity contribution in [3.63, 3.8) is 0 Å². The summed E-state index contributed by atoms with van der Waals surface area (Å²) in [5.41, 5.74) is 5.05. The summed E-state index contributed by atoms with van der Waals surface area (Å²) in [4.78, 5) is 0. The lowest BCUT2D eigenvalue weighted by Gasteiger charge is -2.20. The van der Waals surface area contributed by atoms with Crippen molar-refractivity contribution in [2.24, 2.45) is 0 Å². The lowest BCUT2D eigenvalue weighted by Crippen LogP contribution is -2.24. The zero-order valence-electron chi connectivity index (χ0n) is 11.7. The molecule has 18 heavy (non-hydrogen) atoms. The van der Waals surface area contributed by atoms with Crippen molar-refractivity contribution in [1.82, 2.24) is 5.32 Å². The highest BCUT2D eigenvalue weighted by atomic mass is 35.5. The van der Waals surface area contributed by atoms with Gasteiger partial charge in [0.1, 0.15) is 5.75 Å². The van der Waals surface area contributed by atoms with Gasteiger partial charge in [-0.3, -0.25) is 0 Å². The van der Waals surface area contributed by atoms with Crippen molar-refractivity contribution in [2.45, 2.75) is 46.1 Å². The first-order valence-electron chi connectivity index (χ1n) is 6.61. The Kier molecular flexibility index (Phi) is 4.18. The number of hydrogen-bond donors (Lipinski definition) is 1. The predicted molar refractivity (Wildman–Crippen MR) is 76.9 cm³/mol. The van der Waals surface area contributed by atoms with Crippen molar-refractivity contribution in [1.29, 1.82) is 0 Å². The molecule has 1 fully saturated rings. The SMILES string of the molecule is COc1c(C)c(C)c(CC2CCCN2)c(C)c1Cl. The minimum absolute atomic E-state index is 0.603. The lowest BCUT2D eigenvalue weighted by molar-refractivity contribution is 0.411. The Labute approximate surface area is 115 Å². The first kappa shape index (κ1) is 13.7. The van der Waals surface area contributed by atoms with Gasteiger partial charge in [0.2, 0.25) is 0 Å². The molecule has 1 aliphatic rings. The smallest absolute Gasteiger partial charge is 0.140 e. The number of benzene rings is 1. The van der Waals surface area contributed by atoms with Crippen molar-refractivity contribution >= 4 is 11.6 Å². The maximum absolute atomic E-state index is 6.42. The first-order valence-corrected chi connectivity index (χ1v) is 6.99. The van der Waals surface area contributed by atoms with Crippen LogP contribution in [0.15, 0.2) is 0 Å². The molecule has 0 bridgehead atoms. The highest BCUT2D eigenvalue weighted by Gasteiger charge is 2.21. The van der Waals surface area contributed by atoms with Gasteiger partial charge in [0.15, 0.2) is 0 Å². The molecule has 1 aromatic rings. The number of rotatable bonds is 3. The van der Waals surface area contributed by atoms with E-state index in [1.807, 2.05) is 0 Å². The fourth-order valence-electron chi connectivity index (χ4n) is 2.87. The molecular weight excluding hydrogens is 246 g/mol. The van der Waals surface area contributed by atoms with Crippen LogP contribution in [-0.4, -0.2) is 19.7 Å². The molecule has 100 valence electrons. The summed E-state index contributed by atoms with van der Waals surface area (Å²) in [5.74, 6) is 0.829. The Balaban J connectivity index is 2.40. The summed E-state index contributed by atoms with van der Waals surface area (Å²) in [6.45, 7) is 7.50. The highest BCUT2D eigenvalue weighted by molar-refractivity contribution is 6.33. The number of halogens is 1. The number of hydrogen-bond acceptors (Lipinski definition) is 2. The van der Waals surface area contributed by atoms with Crippen LogP contribution in [0.4, 0.5) is 0 Å². The zero-order valence-corrected chi connectivity index (χ0v) is 12.4. The quantitative estimate of drug-likeness (QED) is 0.904. The van der Waals surface area contributed by atoms with Gasteiger partial charge in [0, 0.05) is 6.04 Å². The van der Waals surface area contributed by atoms with Crippen LogP contribution in [0.1, 0.15) is 35.1 Å². The molecular formula is C15H22ClNO. The molecule has 1 atom stereocenters. The Bertz CT molecular complexity index is 421. The minimum Gasteiger partial charge on any atom is -0.495 e. The first-order chi connectivity index (χ1) is 8.56. The molecule has 2 rings (SSSR count). The summed E-state index contributed by atoms with van der Waals surface area (Å²) in [6, 6.07) is 0.603. The summed E-state index contributed by atoms with van der Waals surface area (Å²) >= 11 is 6.42. The molecule has 0 spiro atoms. The summed E-state index contributed by atoms with van der Waals surface area (Å²) in [7, 11) is 1.69. The average molecular weight is 268 g/mol. The van der Waals surface area contributed by atoms with Crippen LogP contribution in [-0.2, 0) is 6.42 Å². The second kappa shape index (κ2) is 5.50. The van der Waals surface area contributed by atoms with Crippen molar-refractivity contribution in [2.75, 3.05) is 13.7 Å². The minimum atomic E-state index is 0.603. The third-order valence-corrected chi connectivity index (χ3v) is 4.61. The highest BCUT2D eigenvalue weighted by Crippen LogP contribution is 2.37. The van der Waals surface area contributed by atoms with E-state index in [1.54, 1.807) is 7.11 Å². The topological polar surface area (TPSA) is 21.3 Å². The van der Waals surface area contributed by atoms with Gasteiger partial charge in [-0.1, -0.05) is 11.6 Å². The third kappa shape index (κ3) is 2.36. The van der Waals surface area contributed by atoms with E-state index in [9.17, 15) is 0 Å². The molecule has 0 aliphatic carbocycles. The van der Waals surface area contributed by atoms with Gasteiger partial charge >= 0.3 is 0 Å². The molecule has 1 saturated heterocycles. The number of nitrogens with one attached hydrogen (secondary N) is 1. The molecule has 1 unspecified atom stereocenters. The van der Waals surface area contributed by atoms with Gasteiger partial charge in [-0.15, -0.1) is 0 Å². The van der Waals surface area contributed by atoms with Crippen molar-refractivity contribution < 1.29 is 4.74 Å². The van der Waals surface area contributed by atoms with Gasteiger partial charge < -0.3 is 10.1 Å².